The fourth-order valence-corrected chi connectivity index (χ4v) is 2.71. The van der Waals surface area contributed by atoms with Crippen molar-refractivity contribution >= 4 is 17.9 Å². The maximum absolute atomic E-state index is 15.1. The molecule has 0 spiro atoms. The van der Waals surface area contributed by atoms with E-state index < -0.39 is 67.0 Å². The van der Waals surface area contributed by atoms with Crippen LogP contribution in [0.15, 0.2) is 4.99 Å². The molecule has 1 rings (SSSR count). The third-order valence-corrected chi connectivity index (χ3v) is 4.00. The summed E-state index contributed by atoms with van der Waals surface area (Å²) in [6.45, 7) is 5.52. The Balaban J connectivity index is 3.15. The number of aliphatic imine (C=N–C) groups is 1. The van der Waals surface area contributed by atoms with Gasteiger partial charge < -0.3 is 30.2 Å². The van der Waals surface area contributed by atoms with Crippen LogP contribution in [-0.2, 0) is 19.0 Å². The van der Waals surface area contributed by atoms with E-state index in [2.05, 4.69) is 15.0 Å². The van der Waals surface area contributed by atoms with E-state index in [1.54, 1.807) is 20.8 Å². The van der Waals surface area contributed by atoms with E-state index in [-0.39, 0.29) is 5.84 Å². The van der Waals surface area contributed by atoms with Crippen molar-refractivity contribution in [1.29, 1.82) is 0 Å². The van der Waals surface area contributed by atoms with Crippen LogP contribution in [0, 0.1) is 0 Å². The summed E-state index contributed by atoms with van der Waals surface area (Å²) in [4.78, 5) is 27.5. The quantitative estimate of drug-likeness (QED) is 0.272. The average Bonchev–Trinajstić information content (AvgIpc) is 2.60. The van der Waals surface area contributed by atoms with Crippen LogP contribution in [0.5, 0.6) is 0 Å². The number of rotatable bonds is 5. The number of carbonyl (C=O) groups excluding carboxylic acids is 2. The lowest BCUT2D eigenvalue weighted by Gasteiger charge is -2.43. The van der Waals surface area contributed by atoms with Crippen molar-refractivity contribution in [2.75, 3.05) is 13.7 Å². The number of methoxy groups -OCH3 is 1. The van der Waals surface area contributed by atoms with Crippen LogP contribution >= 0.6 is 0 Å². The molecule has 1 heterocycles. The Bertz CT molecular complexity index is 629. The Morgan fingerprint density at radius 1 is 1.41 bits per heavy atom. The van der Waals surface area contributed by atoms with Gasteiger partial charge in [-0.05, 0) is 27.7 Å². The van der Waals surface area contributed by atoms with Gasteiger partial charge in [0.1, 0.15) is 17.5 Å². The SMILES string of the molecule is COC(=O)C1(F)OC(C[C@H](O)CO)C(N)C(N=C(C)NC(=O)OC(C)(C)C)C1F. The highest BCUT2D eigenvalue weighted by atomic mass is 19.2. The Kier molecular flexibility index (Phi) is 8.45. The monoisotopic (exact) mass is 425 g/mol. The van der Waals surface area contributed by atoms with Crippen molar-refractivity contribution in [2.24, 2.45) is 10.7 Å². The van der Waals surface area contributed by atoms with Gasteiger partial charge in [-0.15, -0.1) is 0 Å². The molecule has 0 radical (unpaired) electrons. The van der Waals surface area contributed by atoms with Crippen molar-refractivity contribution in [3.05, 3.63) is 0 Å². The third-order valence-electron chi connectivity index (χ3n) is 4.00. The number of amides is 1. The minimum absolute atomic E-state index is 0.141. The van der Waals surface area contributed by atoms with E-state index in [1.807, 2.05) is 0 Å². The van der Waals surface area contributed by atoms with Gasteiger partial charge in [-0.2, -0.15) is 4.39 Å². The van der Waals surface area contributed by atoms with E-state index in [0.29, 0.717) is 0 Å². The van der Waals surface area contributed by atoms with Crippen LogP contribution in [0.2, 0.25) is 0 Å². The summed E-state index contributed by atoms with van der Waals surface area (Å²) in [5, 5.41) is 20.9. The molecule has 0 saturated carbocycles. The molecule has 1 amide bonds. The molecule has 0 bridgehead atoms. The van der Waals surface area contributed by atoms with Crippen LogP contribution in [0.1, 0.15) is 34.1 Å². The first-order valence-electron chi connectivity index (χ1n) is 8.93. The second-order valence-corrected chi connectivity index (χ2v) is 7.68. The zero-order valence-electron chi connectivity index (χ0n) is 17.0. The standard InChI is InChI=1S/C17H29F2N3O7/c1-8(22-15(26)29-16(2,3)4)21-12-11(20)10(6-9(24)7-23)28-17(19,13(12)18)14(25)27-5/h9-13,23-24H,6-7,20H2,1-5H3,(H,21,22,26)/t9-,10?,11?,12?,13?,17?/m0/s1. The first-order valence-corrected chi connectivity index (χ1v) is 8.93. The van der Waals surface area contributed by atoms with Gasteiger partial charge in [-0.3, -0.25) is 10.3 Å². The number of ether oxygens (including phenoxy) is 3. The molecule has 0 aliphatic carbocycles. The summed E-state index contributed by atoms with van der Waals surface area (Å²) in [6, 6.07) is -2.98. The summed E-state index contributed by atoms with van der Waals surface area (Å²) in [5.41, 5.74) is 5.13. The predicted octanol–water partition coefficient (Wildman–Crippen LogP) is -0.0556. The summed E-state index contributed by atoms with van der Waals surface area (Å²) < 4.78 is 44.2. The third kappa shape index (κ3) is 6.56. The normalized spacial score (nSPS) is 31.7. The van der Waals surface area contributed by atoms with Crippen LogP contribution in [0.3, 0.4) is 0 Å². The number of alkyl halides is 2. The zero-order chi connectivity index (χ0) is 22.6. The number of halogens is 2. The molecule has 6 atom stereocenters. The smallest absolute Gasteiger partial charge is 0.413 e. The van der Waals surface area contributed by atoms with Crippen LogP contribution < -0.4 is 11.1 Å². The van der Waals surface area contributed by atoms with Gasteiger partial charge in [0.25, 0.3) is 0 Å². The number of aliphatic hydroxyl groups is 2. The van der Waals surface area contributed by atoms with Crippen molar-refractivity contribution < 1.29 is 42.8 Å². The number of amidine groups is 1. The highest BCUT2D eigenvalue weighted by Crippen LogP contribution is 2.37. The highest BCUT2D eigenvalue weighted by molar-refractivity contribution is 5.94. The second-order valence-electron chi connectivity index (χ2n) is 7.68. The van der Waals surface area contributed by atoms with Crippen molar-refractivity contribution in [3.63, 3.8) is 0 Å². The molecule has 29 heavy (non-hydrogen) atoms. The van der Waals surface area contributed by atoms with Crippen LogP contribution in [0.4, 0.5) is 13.6 Å². The molecule has 0 aromatic carbocycles. The molecule has 5 unspecified atom stereocenters. The molecule has 1 fully saturated rings. The molecule has 0 aromatic rings. The number of nitrogens with one attached hydrogen (secondary N) is 1. The van der Waals surface area contributed by atoms with Crippen molar-refractivity contribution in [1.82, 2.24) is 5.32 Å². The maximum Gasteiger partial charge on any atom is 0.413 e. The van der Waals surface area contributed by atoms with E-state index in [1.165, 1.54) is 6.92 Å². The number of alkyl carbamates (subject to hydrolysis) is 1. The summed E-state index contributed by atoms with van der Waals surface area (Å²) in [6.07, 6.45) is -6.66. The summed E-state index contributed by atoms with van der Waals surface area (Å²) >= 11 is 0. The molecular weight excluding hydrogens is 396 g/mol. The molecule has 1 aliphatic heterocycles. The maximum atomic E-state index is 15.1. The van der Waals surface area contributed by atoms with Gasteiger partial charge in [-0.1, -0.05) is 0 Å². The topological polar surface area (TPSA) is 153 Å². The van der Waals surface area contributed by atoms with E-state index in [9.17, 15) is 19.1 Å². The second kappa shape index (κ2) is 9.74. The summed E-state index contributed by atoms with van der Waals surface area (Å²) in [7, 11) is 0.847. The molecule has 5 N–H and O–H groups in total. The molecule has 1 aliphatic rings. The predicted molar refractivity (Wildman–Crippen MR) is 97.6 cm³/mol. The Morgan fingerprint density at radius 3 is 2.48 bits per heavy atom. The average molecular weight is 425 g/mol. The number of nitrogens with zero attached hydrogens (tertiary/aromatic N) is 1. The van der Waals surface area contributed by atoms with E-state index in [4.69, 9.17) is 20.3 Å². The Hall–Kier alpha value is -1.89. The lowest BCUT2D eigenvalue weighted by atomic mass is 9.88. The summed E-state index contributed by atoms with van der Waals surface area (Å²) in [5.74, 6) is -5.32. The van der Waals surface area contributed by atoms with Gasteiger partial charge >= 0.3 is 17.9 Å². The first kappa shape index (κ1) is 25.1. The minimum atomic E-state index is -3.54. The Morgan fingerprint density at radius 2 is 2.00 bits per heavy atom. The van der Waals surface area contributed by atoms with Gasteiger partial charge in [0.2, 0.25) is 0 Å². The molecule has 10 nitrogen and oxygen atoms in total. The molecular formula is C17H29F2N3O7. The molecule has 1 saturated heterocycles. The van der Waals surface area contributed by atoms with Gasteiger partial charge in [0.05, 0.1) is 32.0 Å². The zero-order valence-corrected chi connectivity index (χ0v) is 17.0. The highest BCUT2D eigenvalue weighted by Gasteiger charge is 2.61. The molecule has 168 valence electrons. The van der Waals surface area contributed by atoms with Gasteiger partial charge in [0.15, 0.2) is 6.17 Å². The lowest BCUT2D eigenvalue weighted by Crippen LogP contribution is -2.66. The van der Waals surface area contributed by atoms with Crippen molar-refractivity contribution in [2.45, 2.75) is 76.0 Å². The van der Waals surface area contributed by atoms with Crippen LogP contribution in [0.25, 0.3) is 0 Å². The number of nitrogens with two attached hydrogens (primary N) is 1. The number of carbonyl (C=O) groups is 2. The number of hydrogen-bond acceptors (Lipinski definition) is 9. The lowest BCUT2D eigenvalue weighted by molar-refractivity contribution is -0.259. The molecule has 12 heteroatoms. The molecule has 0 aromatic heterocycles. The van der Waals surface area contributed by atoms with Crippen molar-refractivity contribution in [3.8, 4) is 0 Å². The number of aliphatic hydroxyl groups excluding tert-OH is 2. The van der Waals surface area contributed by atoms with E-state index in [0.717, 1.165) is 7.11 Å². The van der Waals surface area contributed by atoms with E-state index >= 15 is 4.39 Å². The number of esters is 1. The first-order chi connectivity index (χ1) is 13.2. The fourth-order valence-electron chi connectivity index (χ4n) is 2.71. The van der Waals surface area contributed by atoms with Gasteiger partial charge in [-0.25, -0.2) is 14.0 Å². The fraction of sp³-hybridized carbons (Fsp3) is 0.824. The van der Waals surface area contributed by atoms with Crippen LogP contribution in [-0.4, -0.2) is 83.7 Å². The minimum Gasteiger partial charge on any atom is -0.465 e. The van der Waals surface area contributed by atoms with Gasteiger partial charge in [0, 0.05) is 6.42 Å². The largest absolute Gasteiger partial charge is 0.465 e. The Labute approximate surface area is 167 Å². The number of hydrogen-bond donors (Lipinski definition) is 4.